The molecule has 0 unspecified atom stereocenters. The highest BCUT2D eigenvalue weighted by atomic mass is 16.5. The van der Waals surface area contributed by atoms with Gasteiger partial charge in [-0.25, -0.2) is 0 Å². The molecule has 2 aliphatic rings. The van der Waals surface area contributed by atoms with Crippen molar-refractivity contribution in [2.75, 3.05) is 46.6 Å². The Balaban J connectivity index is 1.71. The van der Waals surface area contributed by atoms with Crippen LogP contribution in [-0.2, 0) is 9.47 Å². The molecule has 0 spiro atoms. The lowest BCUT2D eigenvalue weighted by Gasteiger charge is -2.30. The Morgan fingerprint density at radius 2 is 2.17 bits per heavy atom. The quantitative estimate of drug-likeness (QED) is 0.294. The van der Waals surface area contributed by atoms with Crippen LogP contribution in [0.2, 0.25) is 0 Å². The van der Waals surface area contributed by atoms with E-state index in [-0.39, 0.29) is 0 Å². The smallest absolute Gasteiger partial charge is 0.191 e. The van der Waals surface area contributed by atoms with E-state index >= 15 is 0 Å². The number of hydrogen-bond donors (Lipinski definition) is 2. The average Bonchev–Trinajstić information content (AvgIpc) is 3.08. The highest BCUT2D eigenvalue weighted by Crippen LogP contribution is 2.40. The summed E-state index contributed by atoms with van der Waals surface area (Å²) in [5.74, 6) is 0.922. The van der Waals surface area contributed by atoms with Gasteiger partial charge in [-0.15, -0.1) is 0 Å². The van der Waals surface area contributed by atoms with Gasteiger partial charge in [0.15, 0.2) is 5.96 Å². The summed E-state index contributed by atoms with van der Waals surface area (Å²) in [6, 6.07) is 0. The largest absolute Gasteiger partial charge is 0.382 e. The van der Waals surface area contributed by atoms with E-state index in [0.29, 0.717) is 5.41 Å². The maximum absolute atomic E-state index is 5.60. The van der Waals surface area contributed by atoms with Gasteiger partial charge < -0.3 is 20.1 Å². The predicted molar refractivity (Wildman–Crippen MR) is 99.5 cm³/mol. The zero-order chi connectivity index (χ0) is 17.1. The molecule has 0 aromatic heterocycles. The first-order valence-corrected chi connectivity index (χ1v) is 9.56. The van der Waals surface area contributed by atoms with Crippen LogP contribution in [0.5, 0.6) is 0 Å². The standard InChI is InChI=1S/C19H35N3O2/c1-3-23-15-11-19(9-4-5-10-19)16-22-18(20-2)21-12-6-17-7-13-24-14-8-17/h7H,3-6,8-16H2,1-2H3,(H2,20,21,22). The molecule has 0 atom stereocenters. The van der Waals surface area contributed by atoms with Crippen molar-refractivity contribution < 1.29 is 9.47 Å². The Labute approximate surface area is 147 Å². The molecule has 2 N–H and O–H groups in total. The molecule has 1 aliphatic carbocycles. The third kappa shape index (κ3) is 6.44. The summed E-state index contributed by atoms with van der Waals surface area (Å²) in [4.78, 5) is 4.38. The molecule has 1 heterocycles. The third-order valence-corrected chi connectivity index (χ3v) is 5.30. The number of aliphatic imine (C=N–C) groups is 1. The molecule has 2 rings (SSSR count). The van der Waals surface area contributed by atoms with Crippen LogP contribution in [0.1, 0.15) is 51.9 Å². The summed E-state index contributed by atoms with van der Waals surface area (Å²) < 4.78 is 10.9. The second kappa shape index (κ2) is 10.7. The van der Waals surface area contributed by atoms with Crippen molar-refractivity contribution in [3.8, 4) is 0 Å². The number of nitrogens with one attached hydrogen (secondary N) is 2. The monoisotopic (exact) mass is 337 g/mol. The van der Waals surface area contributed by atoms with Gasteiger partial charge in [0.2, 0.25) is 0 Å². The van der Waals surface area contributed by atoms with Gasteiger partial charge in [0.25, 0.3) is 0 Å². The molecule has 0 saturated heterocycles. The molecule has 1 saturated carbocycles. The van der Waals surface area contributed by atoms with Crippen LogP contribution in [0.4, 0.5) is 0 Å². The zero-order valence-electron chi connectivity index (χ0n) is 15.5. The highest BCUT2D eigenvalue weighted by Gasteiger charge is 2.33. The number of ether oxygens (including phenoxy) is 2. The number of guanidine groups is 1. The number of rotatable bonds is 9. The molecule has 0 aromatic carbocycles. The van der Waals surface area contributed by atoms with Gasteiger partial charge in [0.05, 0.1) is 13.2 Å². The fraction of sp³-hybridized carbons (Fsp3) is 0.842. The summed E-state index contributed by atoms with van der Waals surface area (Å²) in [6.45, 7) is 7.31. The Morgan fingerprint density at radius 3 is 2.83 bits per heavy atom. The van der Waals surface area contributed by atoms with E-state index in [2.05, 4.69) is 28.6 Å². The van der Waals surface area contributed by atoms with Crippen LogP contribution >= 0.6 is 0 Å². The van der Waals surface area contributed by atoms with E-state index in [9.17, 15) is 0 Å². The van der Waals surface area contributed by atoms with Crippen LogP contribution in [0, 0.1) is 5.41 Å². The van der Waals surface area contributed by atoms with Gasteiger partial charge in [-0.1, -0.05) is 24.5 Å². The van der Waals surface area contributed by atoms with E-state index < -0.39 is 0 Å². The highest BCUT2D eigenvalue weighted by molar-refractivity contribution is 5.79. The number of nitrogens with zero attached hydrogens (tertiary/aromatic N) is 1. The first-order chi connectivity index (χ1) is 11.8. The molecule has 1 aliphatic heterocycles. The van der Waals surface area contributed by atoms with Gasteiger partial charge in [0, 0.05) is 33.4 Å². The van der Waals surface area contributed by atoms with Crippen LogP contribution in [0.25, 0.3) is 0 Å². The van der Waals surface area contributed by atoms with E-state index in [1.165, 1.54) is 31.3 Å². The minimum atomic E-state index is 0.385. The minimum absolute atomic E-state index is 0.385. The number of hydrogen-bond acceptors (Lipinski definition) is 3. The molecular formula is C19H35N3O2. The minimum Gasteiger partial charge on any atom is -0.382 e. The van der Waals surface area contributed by atoms with E-state index in [4.69, 9.17) is 9.47 Å². The topological polar surface area (TPSA) is 54.9 Å². The fourth-order valence-electron chi connectivity index (χ4n) is 3.70. The van der Waals surface area contributed by atoms with Crippen molar-refractivity contribution in [3.63, 3.8) is 0 Å². The summed E-state index contributed by atoms with van der Waals surface area (Å²) in [5, 5.41) is 7.01. The first kappa shape index (κ1) is 19.3. The molecule has 5 nitrogen and oxygen atoms in total. The van der Waals surface area contributed by atoms with Crippen molar-refractivity contribution in [1.82, 2.24) is 10.6 Å². The predicted octanol–water partition coefficient (Wildman–Crippen LogP) is 2.88. The lowest BCUT2D eigenvalue weighted by Crippen LogP contribution is -2.43. The lowest BCUT2D eigenvalue weighted by molar-refractivity contribution is 0.105. The maximum Gasteiger partial charge on any atom is 0.191 e. The molecule has 0 amide bonds. The van der Waals surface area contributed by atoms with Crippen LogP contribution < -0.4 is 10.6 Å². The van der Waals surface area contributed by atoms with Crippen molar-refractivity contribution in [1.29, 1.82) is 0 Å². The molecule has 1 fully saturated rings. The SMILES string of the molecule is CCOCCC1(CNC(=NC)NCCC2=CCOCC2)CCCC1. The van der Waals surface area contributed by atoms with Gasteiger partial charge in [0.1, 0.15) is 0 Å². The summed E-state index contributed by atoms with van der Waals surface area (Å²) >= 11 is 0. The van der Waals surface area contributed by atoms with Crippen LogP contribution in [0.15, 0.2) is 16.6 Å². The van der Waals surface area contributed by atoms with Crippen molar-refractivity contribution in [3.05, 3.63) is 11.6 Å². The van der Waals surface area contributed by atoms with E-state index in [0.717, 1.165) is 64.7 Å². The Bertz CT molecular complexity index is 415. The van der Waals surface area contributed by atoms with Crippen LogP contribution in [0.3, 0.4) is 0 Å². The summed E-state index contributed by atoms with van der Waals surface area (Å²) in [7, 11) is 1.85. The second-order valence-electron chi connectivity index (χ2n) is 6.94. The molecule has 24 heavy (non-hydrogen) atoms. The van der Waals surface area contributed by atoms with Gasteiger partial charge in [-0.2, -0.15) is 0 Å². The zero-order valence-corrected chi connectivity index (χ0v) is 15.5. The van der Waals surface area contributed by atoms with Crippen LogP contribution in [-0.4, -0.2) is 52.5 Å². The fourth-order valence-corrected chi connectivity index (χ4v) is 3.70. The summed E-state index contributed by atoms with van der Waals surface area (Å²) in [6.07, 6.45) is 10.8. The lowest BCUT2D eigenvalue weighted by atomic mass is 9.83. The normalized spacial score (nSPS) is 20.8. The van der Waals surface area contributed by atoms with Crippen molar-refractivity contribution in [2.45, 2.75) is 51.9 Å². The molecular weight excluding hydrogens is 302 g/mol. The molecule has 5 heteroatoms. The summed E-state index contributed by atoms with van der Waals surface area (Å²) in [5.41, 5.74) is 1.88. The average molecular weight is 338 g/mol. The Kier molecular flexibility index (Phi) is 8.60. The second-order valence-corrected chi connectivity index (χ2v) is 6.94. The molecule has 0 bridgehead atoms. The third-order valence-electron chi connectivity index (χ3n) is 5.30. The van der Waals surface area contributed by atoms with Crippen molar-refractivity contribution in [2.24, 2.45) is 10.4 Å². The molecule has 0 aromatic rings. The first-order valence-electron chi connectivity index (χ1n) is 9.56. The van der Waals surface area contributed by atoms with Crippen molar-refractivity contribution >= 4 is 5.96 Å². The van der Waals surface area contributed by atoms with Gasteiger partial charge in [-0.05, 0) is 44.4 Å². The van der Waals surface area contributed by atoms with E-state index in [1.807, 2.05) is 7.05 Å². The van der Waals surface area contributed by atoms with Gasteiger partial charge >= 0.3 is 0 Å². The van der Waals surface area contributed by atoms with E-state index in [1.54, 1.807) is 0 Å². The Hall–Kier alpha value is -1.07. The molecule has 138 valence electrons. The Morgan fingerprint density at radius 1 is 1.33 bits per heavy atom. The molecule has 0 radical (unpaired) electrons. The maximum atomic E-state index is 5.60. The van der Waals surface area contributed by atoms with Gasteiger partial charge in [-0.3, -0.25) is 4.99 Å².